The minimum absolute atomic E-state index is 0.438. The molecule has 0 aromatic heterocycles. The molecule has 0 bridgehead atoms. The zero-order valence-electron chi connectivity index (χ0n) is 12.5. The van der Waals surface area contributed by atoms with E-state index >= 15 is 0 Å². The smallest absolute Gasteiger partial charge is 0.413 e. The first-order chi connectivity index (χ1) is 10.7. The molecule has 114 valence electrons. The first-order valence-electron chi connectivity index (χ1n) is 7.49. The molecule has 1 saturated heterocycles. The number of nitrogens with zero attached hydrogens (tertiary/aromatic N) is 1. The third-order valence-corrected chi connectivity index (χ3v) is 3.96. The molecule has 2 aromatic rings. The van der Waals surface area contributed by atoms with Crippen LogP contribution in [0.15, 0.2) is 60.7 Å². The third kappa shape index (κ3) is 2.25. The molecule has 1 amide bonds. The van der Waals surface area contributed by atoms with Crippen molar-refractivity contribution in [3.63, 3.8) is 0 Å². The highest BCUT2D eigenvalue weighted by Crippen LogP contribution is 2.46. The summed E-state index contributed by atoms with van der Waals surface area (Å²) in [4.78, 5) is 13.7. The minimum atomic E-state index is -1.49. The van der Waals surface area contributed by atoms with Crippen molar-refractivity contribution < 1.29 is 14.6 Å². The largest absolute Gasteiger partial charge is 0.436 e. The summed E-state index contributed by atoms with van der Waals surface area (Å²) in [5.41, 5.74) is -0.0561. The van der Waals surface area contributed by atoms with Crippen molar-refractivity contribution in [3.8, 4) is 0 Å². The summed E-state index contributed by atoms with van der Waals surface area (Å²) in [5, 5.41) is 11.4. The Hall–Kier alpha value is -2.33. The van der Waals surface area contributed by atoms with Crippen molar-refractivity contribution in [2.45, 2.75) is 25.2 Å². The van der Waals surface area contributed by atoms with Gasteiger partial charge in [0.1, 0.15) is 0 Å². The van der Waals surface area contributed by atoms with Crippen LogP contribution in [0.5, 0.6) is 0 Å². The number of amides is 1. The zero-order valence-corrected chi connectivity index (χ0v) is 12.5. The Morgan fingerprint density at radius 1 is 1.09 bits per heavy atom. The number of hydrogen-bond donors (Lipinski definition) is 1. The number of benzene rings is 2. The fraction of sp³-hybridized carbons (Fsp3) is 0.278. The van der Waals surface area contributed by atoms with Gasteiger partial charge in [-0.25, -0.2) is 4.79 Å². The van der Waals surface area contributed by atoms with Gasteiger partial charge in [0.05, 0.1) is 0 Å². The lowest BCUT2D eigenvalue weighted by molar-refractivity contribution is -0.109. The molecule has 3 rings (SSSR count). The SMILES string of the molecule is CCCN1C(=O)O[C@@H](c2ccccc2)[C@]1(O)c1ccccc1. The van der Waals surface area contributed by atoms with Crippen LogP contribution in [0, 0.1) is 0 Å². The first-order valence-corrected chi connectivity index (χ1v) is 7.49. The number of cyclic esters (lactones) is 1. The van der Waals surface area contributed by atoms with Gasteiger partial charge < -0.3 is 9.84 Å². The molecule has 22 heavy (non-hydrogen) atoms. The van der Waals surface area contributed by atoms with Crippen molar-refractivity contribution in [3.05, 3.63) is 71.8 Å². The molecule has 0 aliphatic carbocycles. The maximum absolute atomic E-state index is 12.3. The van der Waals surface area contributed by atoms with Crippen LogP contribution < -0.4 is 0 Å². The van der Waals surface area contributed by atoms with Crippen LogP contribution in [-0.4, -0.2) is 22.6 Å². The second kappa shape index (κ2) is 5.81. The van der Waals surface area contributed by atoms with Crippen LogP contribution in [0.4, 0.5) is 4.79 Å². The topological polar surface area (TPSA) is 49.8 Å². The number of rotatable bonds is 4. The summed E-state index contributed by atoms with van der Waals surface area (Å²) in [6, 6.07) is 18.6. The van der Waals surface area contributed by atoms with Crippen molar-refractivity contribution in [2.75, 3.05) is 6.54 Å². The monoisotopic (exact) mass is 297 g/mol. The number of aliphatic hydroxyl groups is 1. The third-order valence-electron chi connectivity index (χ3n) is 3.96. The van der Waals surface area contributed by atoms with Gasteiger partial charge in [0.25, 0.3) is 0 Å². The van der Waals surface area contributed by atoms with Crippen LogP contribution in [0.3, 0.4) is 0 Å². The van der Waals surface area contributed by atoms with Crippen LogP contribution >= 0.6 is 0 Å². The lowest BCUT2D eigenvalue weighted by Crippen LogP contribution is -2.46. The van der Waals surface area contributed by atoms with E-state index in [-0.39, 0.29) is 0 Å². The number of carbonyl (C=O) groups is 1. The quantitative estimate of drug-likeness (QED) is 0.940. The lowest BCUT2D eigenvalue weighted by atomic mass is 9.91. The summed E-state index contributed by atoms with van der Waals surface area (Å²) in [6.07, 6.45) is -0.483. The number of hydrogen-bond acceptors (Lipinski definition) is 3. The summed E-state index contributed by atoms with van der Waals surface area (Å²) in [5.74, 6) is 0. The Morgan fingerprint density at radius 3 is 2.27 bits per heavy atom. The number of ether oxygens (including phenoxy) is 1. The molecule has 0 spiro atoms. The molecule has 2 aromatic carbocycles. The van der Waals surface area contributed by atoms with Crippen molar-refractivity contribution >= 4 is 6.09 Å². The van der Waals surface area contributed by atoms with Gasteiger partial charge in [-0.15, -0.1) is 0 Å². The van der Waals surface area contributed by atoms with Gasteiger partial charge in [-0.3, -0.25) is 4.90 Å². The molecule has 1 aliphatic rings. The van der Waals surface area contributed by atoms with E-state index in [1.54, 1.807) is 0 Å². The van der Waals surface area contributed by atoms with Crippen molar-refractivity contribution in [1.29, 1.82) is 0 Å². The van der Waals surface area contributed by atoms with E-state index in [2.05, 4.69) is 0 Å². The van der Waals surface area contributed by atoms with E-state index in [4.69, 9.17) is 4.74 Å². The van der Waals surface area contributed by atoms with E-state index in [1.165, 1.54) is 4.90 Å². The minimum Gasteiger partial charge on any atom is -0.436 e. The van der Waals surface area contributed by atoms with Gasteiger partial charge in [0, 0.05) is 12.1 Å². The highest BCUT2D eigenvalue weighted by molar-refractivity contribution is 5.72. The molecular weight excluding hydrogens is 278 g/mol. The van der Waals surface area contributed by atoms with E-state index < -0.39 is 17.9 Å². The van der Waals surface area contributed by atoms with E-state index in [1.807, 2.05) is 67.6 Å². The fourth-order valence-electron chi connectivity index (χ4n) is 2.93. The fourth-order valence-corrected chi connectivity index (χ4v) is 2.93. The summed E-state index contributed by atoms with van der Waals surface area (Å²) >= 11 is 0. The normalized spacial score (nSPS) is 24.4. The summed E-state index contributed by atoms with van der Waals surface area (Å²) in [7, 11) is 0. The highest BCUT2D eigenvalue weighted by atomic mass is 16.6. The maximum Gasteiger partial charge on any atom is 0.413 e. The Bertz CT molecular complexity index is 644. The van der Waals surface area contributed by atoms with Crippen LogP contribution in [0.1, 0.15) is 30.6 Å². The molecule has 1 heterocycles. The predicted molar refractivity (Wildman–Crippen MR) is 83.0 cm³/mol. The molecule has 1 aliphatic heterocycles. The van der Waals surface area contributed by atoms with Gasteiger partial charge in [0.2, 0.25) is 5.72 Å². The lowest BCUT2D eigenvalue weighted by Gasteiger charge is -2.34. The average Bonchev–Trinajstić information content (AvgIpc) is 2.83. The molecule has 4 heteroatoms. The molecule has 0 saturated carbocycles. The van der Waals surface area contributed by atoms with Gasteiger partial charge in [0.15, 0.2) is 6.10 Å². The highest BCUT2D eigenvalue weighted by Gasteiger charge is 2.55. The maximum atomic E-state index is 12.3. The van der Waals surface area contributed by atoms with Crippen LogP contribution in [-0.2, 0) is 10.5 Å². The second-order valence-electron chi connectivity index (χ2n) is 5.42. The van der Waals surface area contributed by atoms with Gasteiger partial charge >= 0.3 is 6.09 Å². The molecule has 1 fully saturated rings. The van der Waals surface area contributed by atoms with Crippen LogP contribution in [0.2, 0.25) is 0 Å². The molecule has 2 atom stereocenters. The van der Waals surface area contributed by atoms with Crippen molar-refractivity contribution in [2.24, 2.45) is 0 Å². The van der Waals surface area contributed by atoms with Gasteiger partial charge in [-0.1, -0.05) is 67.6 Å². The standard InChI is InChI=1S/C18H19NO3/c1-2-13-19-17(20)22-16(14-9-5-3-6-10-14)18(19,21)15-11-7-4-8-12-15/h3-12,16,21H,2,13H2,1H3/t16-,18+/m0/s1. The Morgan fingerprint density at radius 2 is 1.68 bits per heavy atom. The Balaban J connectivity index is 2.11. The summed E-state index contributed by atoms with van der Waals surface area (Å²) < 4.78 is 5.52. The zero-order chi connectivity index (χ0) is 15.6. The van der Waals surface area contributed by atoms with Crippen molar-refractivity contribution in [1.82, 2.24) is 4.90 Å². The Labute approximate surface area is 130 Å². The summed E-state index contributed by atoms with van der Waals surface area (Å²) in [6.45, 7) is 2.40. The van der Waals surface area contributed by atoms with E-state index in [0.29, 0.717) is 12.1 Å². The van der Waals surface area contributed by atoms with Gasteiger partial charge in [-0.05, 0) is 12.0 Å². The average molecular weight is 297 g/mol. The molecular formula is C18H19NO3. The molecule has 0 unspecified atom stereocenters. The van der Waals surface area contributed by atoms with E-state index in [0.717, 1.165) is 12.0 Å². The molecule has 0 radical (unpaired) electrons. The number of carbonyl (C=O) groups excluding carboxylic acids is 1. The second-order valence-corrected chi connectivity index (χ2v) is 5.42. The molecule has 1 N–H and O–H groups in total. The molecule has 4 nitrogen and oxygen atoms in total. The van der Waals surface area contributed by atoms with Gasteiger partial charge in [-0.2, -0.15) is 0 Å². The van der Waals surface area contributed by atoms with E-state index in [9.17, 15) is 9.90 Å². The Kier molecular flexibility index (Phi) is 3.86. The first kappa shape index (κ1) is 14.6. The van der Waals surface area contributed by atoms with Crippen LogP contribution in [0.25, 0.3) is 0 Å². The predicted octanol–water partition coefficient (Wildman–Crippen LogP) is 3.44.